The number of benzene rings is 2. The lowest BCUT2D eigenvalue weighted by molar-refractivity contribution is 0.0603. The molecule has 1 aliphatic rings. The number of carbonyl (C=O) groups is 1. The van der Waals surface area contributed by atoms with Crippen molar-refractivity contribution in [2.75, 3.05) is 38.3 Å². The fourth-order valence-corrected chi connectivity index (χ4v) is 4.18. The van der Waals surface area contributed by atoms with Gasteiger partial charge in [0.25, 0.3) is 0 Å². The van der Waals surface area contributed by atoms with Gasteiger partial charge in [0.2, 0.25) is 0 Å². The second-order valence-electron chi connectivity index (χ2n) is 7.41. The largest absolute Gasteiger partial charge is 0.465 e. The lowest BCUT2D eigenvalue weighted by atomic mass is 10.1. The lowest BCUT2D eigenvalue weighted by Crippen LogP contribution is -2.36. The van der Waals surface area contributed by atoms with Gasteiger partial charge in [0.1, 0.15) is 17.2 Å². The SMILES string of the molecule is COC(=O)c1cc(N2CCOCC2)cc2c1nc(C)n2-c1ccnc2cccc(F)c12. The molecule has 0 amide bonds. The van der Waals surface area contributed by atoms with Crippen molar-refractivity contribution in [3.63, 3.8) is 0 Å². The van der Waals surface area contributed by atoms with Crippen LogP contribution in [-0.2, 0) is 9.47 Å². The van der Waals surface area contributed by atoms with E-state index in [2.05, 4.69) is 14.9 Å². The molecule has 4 aromatic rings. The topological polar surface area (TPSA) is 69.5 Å². The molecule has 8 heteroatoms. The van der Waals surface area contributed by atoms with E-state index in [0.29, 0.717) is 65.3 Å². The van der Waals surface area contributed by atoms with Gasteiger partial charge < -0.3 is 14.4 Å². The van der Waals surface area contributed by atoms with Gasteiger partial charge >= 0.3 is 5.97 Å². The van der Waals surface area contributed by atoms with E-state index in [0.717, 1.165) is 5.69 Å². The molecule has 2 aromatic heterocycles. The van der Waals surface area contributed by atoms with E-state index in [1.807, 2.05) is 23.6 Å². The Morgan fingerprint density at radius 3 is 2.77 bits per heavy atom. The van der Waals surface area contributed by atoms with Gasteiger partial charge in [0.05, 0.1) is 48.0 Å². The van der Waals surface area contributed by atoms with Crippen LogP contribution in [0.4, 0.5) is 10.1 Å². The van der Waals surface area contributed by atoms with Crippen LogP contribution in [0.25, 0.3) is 27.6 Å². The van der Waals surface area contributed by atoms with Gasteiger partial charge in [-0.05, 0) is 37.3 Å². The van der Waals surface area contributed by atoms with Gasteiger partial charge in [-0.3, -0.25) is 9.55 Å². The van der Waals surface area contributed by atoms with Gasteiger partial charge in [-0.15, -0.1) is 0 Å². The molecule has 0 unspecified atom stereocenters. The first-order valence-electron chi connectivity index (χ1n) is 10.1. The van der Waals surface area contributed by atoms with E-state index in [4.69, 9.17) is 9.47 Å². The number of hydrogen-bond donors (Lipinski definition) is 0. The zero-order chi connectivity index (χ0) is 21.5. The molecule has 0 saturated carbocycles. The third kappa shape index (κ3) is 3.19. The smallest absolute Gasteiger partial charge is 0.340 e. The molecule has 2 aromatic carbocycles. The molecule has 5 rings (SSSR count). The molecule has 0 atom stereocenters. The van der Waals surface area contributed by atoms with Crippen molar-refractivity contribution in [3.8, 4) is 5.69 Å². The Morgan fingerprint density at radius 1 is 1.19 bits per heavy atom. The highest BCUT2D eigenvalue weighted by Crippen LogP contribution is 2.33. The number of hydrogen-bond acceptors (Lipinski definition) is 6. The molecule has 158 valence electrons. The van der Waals surface area contributed by atoms with Gasteiger partial charge in [0.15, 0.2) is 0 Å². The summed E-state index contributed by atoms with van der Waals surface area (Å²) in [6.07, 6.45) is 1.65. The van der Waals surface area contributed by atoms with E-state index in [1.54, 1.807) is 24.4 Å². The molecular formula is C23H21FN4O3. The second kappa shape index (κ2) is 7.63. The number of morpholine rings is 1. The summed E-state index contributed by atoms with van der Waals surface area (Å²) in [5, 5.41) is 0.406. The van der Waals surface area contributed by atoms with Gasteiger partial charge in [-0.1, -0.05) is 6.07 Å². The van der Waals surface area contributed by atoms with Crippen molar-refractivity contribution in [3.05, 3.63) is 59.8 Å². The summed E-state index contributed by atoms with van der Waals surface area (Å²) in [5.74, 6) is -0.190. The lowest BCUT2D eigenvalue weighted by Gasteiger charge is -2.29. The zero-order valence-electron chi connectivity index (χ0n) is 17.3. The first-order chi connectivity index (χ1) is 15.1. The predicted molar refractivity (Wildman–Crippen MR) is 115 cm³/mol. The Morgan fingerprint density at radius 2 is 2.00 bits per heavy atom. The van der Waals surface area contributed by atoms with Crippen molar-refractivity contribution in [2.45, 2.75) is 6.92 Å². The van der Waals surface area contributed by atoms with E-state index in [1.165, 1.54) is 13.2 Å². The molecule has 1 saturated heterocycles. The summed E-state index contributed by atoms with van der Waals surface area (Å²) in [5.41, 5.74) is 3.65. The number of halogens is 1. The molecule has 1 aliphatic heterocycles. The fourth-order valence-electron chi connectivity index (χ4n) is 4.18. The normalized spacial score (nSPS) is 14.4. The number of pyridine rings is 1. The Hall–Kier alpha value is -3.52. The summed E-state index contributed by atoms with van der Waals surface area (Å²) < 4.78 is 27.2. The molecule has 0 radical (unpaired) electrons. The highest BCUT2D eigenvalue weighted by atomic mass is 19.1. The summed E-state index contributed by atoms with van der Waals surface area (Å²) in [7, 11) is 1.35. The Balaban J connectivity index is 1.82. The van der Waals surface area contributed by atoms with Crippen LogP contribution >= 0.6 is 0 Å². The third-order valence-electron chi connectivity index (χ3n) is 5.63. The molecule has 31 heavy (non-hydrogen) atoms. The number of anilines is 1. The molecule has 0 aliphatic carbocycles. The average Bonchev–Trinajstić information content (AvgIpc) is 3.13. The van der Waals surface area contributed by atoms with E-state index in [-0.39, 0.29) is 5.82 Å². The van der Waals surface area contributed by atoms with Crippen LogP contribution in [0.1, 0.15) is 16.2 Å². The summed E-state index contributed by atoms with van der Waals surface area (Å²) in [4.78, 5) is 23.7. The third-order valence-corrected chi connectivity index (χ3v) is 5.63. The number of carbonyl (C=O) groups excluding carboxylic acids is 1. The standard InChI is InChI=1S/C23H21FN4O3/c1-14-26-22-16(23(29)30-2)12-15(27-8-10-31-11-9-27)13-20(22)28(14)19-6-7-25-18-5-3-4-17(24)21(18)19/h3-7,12-13H,8-11H2,1-2H3. The number of aromatic nitrogens is 3. The van der Waals surface area contributed by atoms with Crippen molar-refractivity contribution < 1.29 is 18.7 Å². The Labute approximate surface area is 178 Å². The summed E-state index contributed by atoms with van der Waals surface area (Å²) in [6, 6.07) is 10.4. The van der Waals surface area contributed by atoms with Crippen molar-refractivity contribution in [1.29, 1.82) is 0 Å². The monoisotopic (exact) mass is 420 g/mol. The summed E-state index contributed by atoms with van der Waals surface area (Å²) >= 11 is 0. The second-order valence-corrected chi connectivity index (χ2v) is 7.41. The number of esters is 1. The van der Waals surface area contributed by atoms with E-state index in [9.17, 15) is 9.18 Å². The van der Waals surface area contributed by atoms with Crippen LogP contribution < -0.4 is 4.90 Å². The van der Waals surface area contributed by atoms with Crippen molar-refractivity contribution >= 4 is 33.6 Å². The number of fused-ring (bicyclic) bond motifs is 2. The first kappa shape index (κ1) is 19.4. The zero-order valence-corrected chi connectivity index (χ0v) is 17.3. The number of methoxy groups -OCH3 is 1. The minimum atomic E-state index is -0.462. The van der Waals surface area contributed by atoms with Crippen molar-refractivity contribution in [1.82, 2.24) is 14.5 Å². The Kier molecular flexibility index (Phi) is 4.78. The molecule has 0 bridgehead atoms. The minimum Gasteiger partial charge on any atom is -0.465 e. The molecule has 1 fully saturated rings. The number of aryl methyl sites for hydroxylation is 1. The van der Waals surface area contributed by atoms with Crippen molar-refractivity contribution in [2.24, 2.45) is 0 Å². The van der Waals surface area contributed by atoms with Gasteiger partial charge in [-0.25, -0.2) is 14.2 Å². The Bertz CT molecular complexity index is 1310. The number of nitrogens with zero attached hydrogens (tertiary/aromatic N) is 4. The van der Waals surface area contributed by atoms with Crippen LogP contribution in [0.3, 0.4) is 0 Å². The molecular weight excluding hydrogens is 399 g/mol. The fraction of sp³-hybridized carbons (Fsp3) is 0.261. The number of imidazole rings is 1. The first-order valence-corrected chi connectivity index (χ1v) is 10.1. The van der Waals surface area contributed by atoms with Crippen LogP contribution in [0.15, 0.2) is 42.6 Å². The number of ether oxygens (including phenoxy) is 2. The quantitative estimate of drug-likeness (QED) is 0.472. The predicted octanol–water partition coefficient (Wildman–Crippen LogP) is 3.64. The maximum Gasteiger partial charge on any atom is 0.340 e. The van der Waals surface area contributed by atoms with Crippen LogP contribution in [0.5, 0.6) is 0 Å². The molecule has 3 heterocycles. The summed E-state index contributed by atoms with van der Waals surface area (Å²) in [6.45, 7) is 4.49. The molecule has 7 nitrogen and oxygen atoms in total. The van der Waals surface area contributed by atoms with E-state index >= 15 is 0 Å². The van der Waals surface area contributed by atoms with Crippen LogP contribution in [0.2, 0.25) is 0 Å². The molecule has 0 spiro atoms. The number of rotatable bonds is 3. The average molecular weight is 420 g/mol. The highest BCUT2D eigenvalue weighted by molar-refractivity contribution is 6.05. The maximum absolute atomic E-state index is 14.8. The highest BCUT2D eigenvalue weighted by Gasteiger charge is 2.23. The van der Waals surface area contributed by atoms with Gasteiger partial charge in [-0.2, -0.15) is 0 Å². The van der Waals surface area contributed by atoms with E-state index < -0.39 is 5.97 Å². The maximum atomic E-state index is 14.8. The minimum absolute atomic E-state index is 0.362. The molecule has 0 N–H and O–H groups in total. The van der Waals surface area contributed by atoms with Crippen LogP contribution in [0, 0.1) is 12.7 Å². The van der Waals surface area contributed by atoms with Gasteiger partial charge in [0, 0.05) is 25.0 Å². The van der Waals surface area contributed by atoms with Crippen LogP contribution in [-0.4, -0.2) is 53.9 Å².